The predicted molar refractivity (Wildman–Crippen MR) is 71.7 cm³/mol. The van der Waals surface area contributed by atoms with E-state index in [1.807, 2.05) is 0 Å². The van der Waals surface area contributed by atoms with Gasteiger partial charge in [0.15, 0.2) is 11.6 Å². The van der Waals surface area contributed by atoms with Crippen molar-refractivity contribution in [2.45, 2.75) is 0 Å². The summed E-state index contributed by atoms with van der Waals surface area (Å²) >= 11 is 0. The molecule has 106 valence electrons. The van der Waals surface area contributed by atoms with Gasteiger partial charge in [-0.15, -0.1) is 0 Å². The molecule has 0 fully saturated rings. The van der Waals surface area contributed by atoms with E-state index in [0.717, 1.165) is 18.2 Å². The van der Waals surface area contributed by atoms with Crippen molar-refractivity contribution in [1.82, 2.24) is 5.16 Å². The van der Waals surface area contributed by atoms with Crippen LogP contribution in [0.15, 0.2) is 47.0 Å². The van der Waals surface area contributed by atoms with Gasteiger partial charge < -0.3 is 10.3 Å². The molecule has 1 aromatic heterocycles. The Balaban J connectivity index is 2.19. The number of nitrogens with zero attached hydrogens (tertiary/aromatic N) is 1. The van der Waals surface area contributed by atoms with Crippen molar-refractivity contribution < 1.29 is 17.7 Å². The zero-order valence-corrected chi connectivity index (χ0v) is 10.6. The minimum Gasteiger partial charge on any atom is -0.380 e. The van der Waals surface area contributed by atoms with E-state index in [-0.39, 0.29) is 17.1 Å². The predicted octanol–water partition coefficient (Wildman–Crippen LogP) is 4.01. The average Bonchev–Trinajstić information content (AvgIpc) is 2.80. The molecule has 0 atom stereocenters. The molecular formula is C15H9F3N2O. The third kappa shape index (κ3) is 2.47. The maximum atomic E-state index is 13.3. The monoisotopic (exact) mass is 290 g/mol. The van der Waals surface area contributed by atoms with E-state index >= 15 is 0 Å². The number of anilines is 1. The normalized spacial score (nSPS) is 10.8. The van der Waals surface area contributed by atoms with Crippen LogP contribution in [0.5, 0.6) is 0 Å². The van der Waals surface area contributed by atoms with Crippen molar-refractivity contribution in [1.29, 1.82) is 0 Å². The lowest BCUT2D eigenvalue weighted by Crippen LogP contribution is -1.90. The Bertz CT molecular complexity index is 777. The van der Waals surface area contributed by atoms with Gasteiger partial charge in [-0.2, -0.15) is 0 Å². The molecule has 6 heteroatoms. The number of hydrogen-bond acceptors (Lipinski definition) is 3. The van der Waals surface area contributed by atoms with Crippen LogP contribution in [0, 0.1) is 17.5 Å². The number of rotatable bonds is 2. The Labute approximate surface area is 117 Å². The highest BCUT2D eigenvalue weighted by atomic mass is 19.1. The second kappa shape index (κ2) is 4.97. The van der Waals surface area contributed by atoms with Crippen LogP contribution in [0.3, 0.4) is 0 Å². The first kappa shape index (κ1) is 13.2. The lowest BCUT2D eigenvalue weighted by atomic mass is 10.0. The van der Waals surface area contributed by atoms with E-state index in [2.05, 4.69) is 5.16 Å². The van der Waals surface area contributed by atoms with Crippen LogP contribution < -0.4 is 5.73 Å². The Morgan fingerprint density at radius 2 is 1.43 bits per heavy atom. The third-order valence-electron chi connectivity index (χ3n) is 2.98. The molecule has 0 radical (unpaired) electrons. The van der Waals surface area contributed by atoms with Crippen molar-refractivity contribution >= 4 is 5.82 Å². The number of aromatic nitrogens is 1. The summed E-state index contributed by atoms with van der Waals surface area (Å²) in [6.07, 6.45) is 0. The van der Waals surface area contributed by atoms with Crippen LogP contribution in [0.25, 0.3) is 22.5 Å². The lowest BCUT2D eigenvalue weighted by molar-refractivity contribution is 0.435. The Kier molecular flexibility index (Phi) is 3.13. The molecule has 2 aromatic carbocycles. The van der Waals surface area contributed by atoms with Gasteiger partial charge in [-0.05, 0) is 29.8 Å². The van der Waals surface area contributed by atoms with Gasteiger partial charge in [0.05, 0.1) is 5.56 Å². The summed E-state index contributed by atoms with van der Waals surface area (Å²) in [5, 5.41) is 3.62. The van der Waals surface area contributed by atoms with E-state index in [1.54, 1.807) is 0 Å². The van der Waals surface area contributed by atoms with Gasteiger partial charge in [-0.25, -0.2) is 13.2 Å². The van der Waals surface area contributed by atoms with Gasteiger partial charge in [-0.1, -0.05) is 17.3 Å². The van der Waals surface area contributed by atoms with Gasteiger partial charge in [0.25, 0.3) is 0 Å². The molecule has 0 spiro atoms. The van der Waals surface area contributed by atoms with Gasteiger partial charge in [0, 0.05) is 11.6 Å². The fourth-order valence-corrected chi connectivity index (χ4v) is 2.08. The standard InChI is InChI=1S/C15H9F3N2O/c16-10-3-1-8(2-4-10)13-14(21-20-15(13)19)9-5-11(17)7-12(18)6-9/h1-7H,(H2,19,20). The molecule has 3 aromatic rings. The Morgan fingerprint density at radius 3 is 2.05 bits per heavy atom. The van der Waals surface area contributed by atoms with Crippen molar-refractivity contribution in [2.24, 2.45) is 0 Å². The van der Waals surface area contributed by atoms with E-state index < -0.39 is 17.5 Å². The van der Waals surface area contributed by atoms with E-state index in [0.29, 0.717) is 11.1 Å². The molecule has 0 aliphatic carbocycles. The molecule has 0 aliphatic heterocycles. The minimum absolute atomic E-state index is 0.0567. The SMILES string of the molecule is Nc1noc(-c2cc(F)cc(F)c2)c1-c1ccc(F)cc1. The van der Waals surface area contributed by atoms with Crippen molar-refractivity contribution in [3.8, 4) is 22.5 Å². The molecule has 2 N–H and O–H groups in total. The molecule has 0 aliphatic rings. The van der Waals surface area contributed by atoms with Gasteiger partial charge >= 0.3 is 0 Å². The summed E-state index contributed by atoms with van der Waals surface area (Å²) in [5.74, 6) is -1.72. The summed E-state index contributed by atoms with van der Waals surface area (Å²) in [7, 11) is 0. The van der Waals surface area contributed by atoms with E-state index in [9.17, 15) is 13.2 Å². The van der Waals surface area contributed by atoms with E-state index in [4.69, 9.17) is 10.3 Å². The van der Waals surface area contributed by atoms with Crippen LogP contribution >= 0.6 is 0 Å². The molecular weight excluding hydrogens is 281 g/mol. The minimum atomic E-state index is -0.745. The Morgan fingerprint density at radius 1 is 0.810 bits per heavy atom. The molecule has 1 heterocycles. The van der Waals surface area contributed by atoms with E-state index in [1.165, 1.54) is 24.3 Å². The van der Waals surface area contributed by atoms with Crippen molar-refractivity contribution in [3.63, 3.8) is 0 Å². The molecule has 0 saturated carbocycles. The summed E-state index contributed by atoms with van der Waals surface area (Å²) in [6.45, 7) is 0. The topological polar surface area (TPSA) is 52.0 Å². The molecule has 21 heavy (non-hydrogen) atoms. The van der Waals surface area contributed by atoms with Crippen LogP contribution in [-0.4, -0.2) is 5.16 Å². The van der Waals surface area contributed by atoms with Gasteiger partial charge in [0.2, 0.25) is 0 Å². The molecule has 3 rings (SSSR count). The number of halogens is 3. The fourth-order valence-electron chi connectivity index (χ4n) is 2.08. The third-order valence-corrected chi connectivity index (χ3v) is 2.98. The first-order chi connectivity index (χ1) is 10.0. The van der Waals surface area contributed by atoms with Crippen LogP contribution in [0.2, 0.25) is 0 Å². The highest BCUT2D eigenvalue weighted by Crippen LogP contribution is 2.37. The first-order valence-corrected chi connectivity index (χ1v) is 6.02. The fraction of sp³-hybridized carbons (Fsp3) is 0. The number of hydrogen-bond donors (Lipinski definition) is 1. The second-order valence-electron chi connectivity index (χ2n) is 4.44. The number of nitrogens with two attached hydrogens (primary N) is 1. The average molecular weight is 290 g/mol. The lowest BCUT2D eigenvalue weighted by Gasteiger charge is -2.03. The number of nitrogen functional groups attached to an aromatic ring is 1. The van der Waals surface area contributed by atoms with Gasteiger partial charge in [-0.3, -0.25) is 0 Å². The quantitative estimate of drug-likeness (QED) is 0.776. The summed E-state index contributed by atoms with van der Waals surface area (Å²) in [4.78, 5) is 0. The molecule has 3 nitrogen and oxygen atoms in total. The van der Waals surface area contributed by atoms with Crippen LogP contribution in [0.1, 0.15) is 0 Å². The molecule has 0 bridgehead atoms. The maximum absolute atomic E-state index is 13.3. The van der Waals surface area contributed by atoms with Gasteiger partial charge in [0.1, 0.15) is 17.5 Å². The molecule has 0 unspecified atom stereocenters. The van der Waals surface area contributed by atoms with Crippen LogP contribution in [0.4, 0.5) is 19.0 Å². The molecule has 0 saturated heterocycles. The maximum Gasteiger partial charge on any atom is 0.177 e. The summed E-state index contributed by atoms with van der Waals surface area (Å²) in [6, 6.07) is 8.43. The summed E-state index contributed by atoms with van der Waals surface area (Å²) < 4.78 is 44.7. The Hall–Kier alpha value is -2.76. The molecule has 0 amide bonds. The largest absolute Gasteiger partial charge is 0.380 e. The highest BCUT2D eigenvalue weighted by Gasteiger charge is 2.19. The zero-order chi connectivity index (χ0) is 15.0. The highest BCUT2D eigenvalue weighted by molar-refractivity contribution is 5.86. The van der Waals surface area contributed by atoms with Crippen LogP contribution in [-0.2, 0) is 0 Å². The van der Waals surface area contributed by atoms with Crippen molar-refractivity contribution in [3.05, 3.63) is 59.9 Å². The smallest absolute Gasteiger partial charge is 0.177 e. The summed E-state index contributed by atoms with van der Waals surface area (Å²) in [5.41, 5.74) is 6.80. The first-order valence-electron chi connectivity index (χ1n) is 6.02. The second-order valence-corrected chi connectivity index (χ2v) is 4.44. The number of benzene rings is 2. The van der Waals surface area contributed by atoms with Crippen molar-refractivity contribution in [2.75, 3.05) is 5.73 Å². The zero-order valence-electron chi connectivity index (χ0n) is 10.6.